The third kappa shape index (κ3) is 10.2. The molecule has 0 bridgehead atoms. The van der Waals surface area contributed by atoms with Gasteiger partial charge in [-0.05, 0) is 72.6 Å². The van der Waals surface area contributed by atoms with Crippen LogP contribution in [0.2, 0.25) is 17.6 Å². The van der Waals surface area contributed by atoms with E-state index in [1.165, 1.54) is 21.3 Å². The van der Waals surface area contributed by atoms with Crippen molar-refractivity contribution in [1.82, 2.24) is 15.1 Å². The van der Waals surface area contributed by atoms with E-state index in [0.717, 1.165) is 22.3 Å². The highest BCUT2D eigenvalue weighted by molar-refractivity contribution is 6.75. The zero-order chi connectivity index (χ0) is 51.3. The molecule has 0 spiro atoms. The minimum Gasteiger partial charge on any atom is -0.504 e. The molecule has 16 heteroatoms. The van der Waals surface area contributed by atoms with Crippen LogP contribution < -0.4 is 24.3 Å². The second-order valence-corrected chi connectivity index (χ2v) is 24.6. The second-order valence-electron chi connectivity index (χ2n) is 19.7. The molecule has 1 amide bonds. The van der Waals surface area contributed by atoms with Gasteiger partial charge in [-0.3, -0.25) is 9.69 Å². The van der Waals surface area contributed by atoms with Gasteiger partial charge in [-0.2, -0.15) is 0 Å². The maximum atomic E-state index is 14.7. The Hall–Kier alpha value is -6.01. The van der Waals surface area contributed by atoms with Crippen molar-refractivity contribution in [1.29, 1.82) is 0 Å². The topological polar surface area (TPSA) is 149 Å². The zero-order valence-electron chi connectivity index (χ0n) is 43.1. The fourth-order valence-electron chi connectivity index (χ4n) is 11.4. The smallest absolute Gasteiger partial charge is 0.407 e. The number of ether oxygens (including phenoxy) is 6. The van der Waals surface area contributed by atoms with E-state index >= 15 is 0 Å². The van der Waals surface area contributed by atoms with Gasteiger partial charge in [-0.25, -0.2) is 27.7 Å². The van der Waals surface area contributed by atoms with Crippen molar-refractivity contribution in [2.45, 2.75) is 115 Å². The number of alkyl carbamates (subject to hydrolysis) is 1. The summed E-state index contributed by atoms with van der Waals surface area (Å²) in [4.78, 5) is 27.0. The number of phenolic OH excluding ortho intramolecular Hbond substituents is 2. The van der Waals surface area contributed by atoms with Crippen LogP contribution in [0.25, 0.3) is 20.8 Å². The van der Waals surface area contributed by atoms with E-state index < -0.39 is 38.7 Å². The van der Waals surface area contributed by atoms with Crippen LogP contribution in [0.1, 0.15) is 85.0 Å². The van der Waals surface area contributed by atoms with E-state index in [0.29, 0.717) is 83.1 Å². The van der Waals surface area contributed by atoms with E-state index in [1.807, 2.05) is 29.2 Å². The highest BCUT2D eigenvalue weighted by atomic mass is 28.4. The second kappa shape index (κ2) is 22.6. The third-order valence-corrected chi connectivity index (χ3v) is 20.9. The van der Waals surface area contributed by atoms with Gasteiger partial charge in [0.1, 0.15) is 24.1 Å². The van der Waals surface area contributed by atoms with Crippen molar-refractivity contribution in [3.63, 3.8) is 0 Å². The highest BCUT2D eigenvalue weighted by Gasteiger charge is 2.52. The number of nitrogens with one attached hydrogen (secondary N) is 1. The van der Waals surface area contributed by atoms with Crippen molar-refractivity contribution in [2.75, 3.05) is 68.0 Å². The maximum Gasteiger partial charge on any atom is 0.407 e. The molecule has 4 aromatic carbocycles. The van der Waals surface area contributed by atoms with E-state index in [9.17, 15) is 15.0 Å². The lowest BCUT2D eigenvalue weighted by Crippen LogP contribution is -2.61. The standard InChI is InChI=1S/C55H71N5O10Si/c1-32(2)71(13,33(3)4)70-24-22-37-29-59(23-25-68-37)54(57-8)45-28-42-47(49(62)53(67-12)35(6)51(42)65-10)48(60(45)31-56-7)44(26-36-27-46(61)52(66-11)34(5)50(36)64-9)58-55(63)69-30-43-40-20-16-14-18-38(40)39-19-15-17-21-41(39)43/h14-21,27,32-33,37,43-45,48,54,61-62H,22-26,28-31H2,1-6,9-13H3,(H,58,63)/t37-,44?,45?,48?,54?/m0/s1. The predicted molar refractivity (Wildman–Crippen MR) is 275 cm³/mol. The van der Waals surface area contributed by atoms with E-state index in [-0.39, 0.29) is 61.1 Å². The minimum atomic E-state index is -2.02. The number of carbonyl (C=O) groups is 1. The zero-order valence-corrected chi connectivity index (χ0v) is 44.1. The van der Waals surface area contributed by atoms with Gasteiger partial charge in [-0.15, -0.1) is 0 Å². The van der Waals surface area contributed by atoms with E-state index in [1.54, 1.807) is 27.0 Å². The SMILES string of the molecule is [C-]#[N+]CN1C(C([N+]#[C-])N2CCO[C@@H](CCO[Si](C)(C(C)C)C(C)C)C2)Cc2c(OC)c(C)c(OC)c(O)c2C1C(Cc1cc(O)c(OC)c(C)c1OC)NC(=O)OCC1c2ccccc2-c2ccccc21. The molecule has 3 aliphatic rings. The van der Waals surface area contributed by atoms with Crippen LogP contribution in [0.4, 0.5) is 4.79 Å². The van der Waals surface area contributed by atoms with Gasteiger partial charge in [0.2, 0.25) is 0 Å². The van der Waals surface area contributed by atoms with Gasteiger partial charge in [0.15, 0.2) is 31.3 Å². The molecular formula is C55H71N5O10Si. The van der Waals surface area contributed by atoms with E-state index in [2.05, 4.69) is 78.4 Å². The number of methoxy groups -OCH3 is 4. The van der Waals surface area contributed by atoms with Crippen molar-refractivity contribution < 1.29 is 47.9 Å². The first kappa shape index (κ1) is 52.8. The van der Waals surface area contributed by atoms with Crippen LogP contribution in [0, 0.1) is 27.0 Å². The Bertz CT molecular complexity index is 2590. The molecule has 4 aromatic rings. The number of fused-ring (bicyclic) bond motifs is 4. The summed E-state index contributed by atoms with van der Waals surface area (Å²) in [6.07, 6.45) is -0.844. The molecule has 2 heterocycles. The summed E-state index contributed by atoms with van der Waals surface area (Å²) in [5.74, 6) is 0.748. The fourth-order valence-corrected chi connectivity index (χ4v) is 14.0. The molecule has 380 valence electrons. The van der Waals surface area contributed by atoms with Crippen LogP contribution in [0.3, 0.4) is 0 Å². The molecule has 0 aromatic heterocycles. The first-order chi connectivity index (χ1) is 34.1. The van der Waals surface area contributed by atoms with Crippen LogP contribution in [0.15, 0.2) is 54.6 Å². The van der Waals surface area contributed by atoms with Gasteiger partial charge >= 0.3 is 6.09 Å². The molecule has 5 atom stereocenters. The van der Waals surface area contributed by atoms with Crippen LogP contribution in [0.5, 0.6) is 34.5 Å². The average Bonchev–Trinajstić information content (AvgIpc) is 3.67. The van der Waals surface area contributed by atoms with Gasteiger partial charge < -0.3 is 48.4 Å². The lowest BCUT2D eigenvalue weighted by atomic mass is 9.79. The number of benzene rings is 4. The van der Waals surface area contributed by atoms with Crippen LogP contribution >= 0.6 is 0 Å². The molecule has 15 nitrogen and oxygen atoms in total. The number of phenols is 2. The van der Waals surface area contributed by atoms with Gasteiger partial charge in [0.05, 0.1) is 53.2 Å². The average molecular weight is 990 g/mol. The van der Waals surface area contributed by atoms with Gasteiger partial charge in [0.25, 0.3) is 12.8 Å². The molecule has 0 saturated carbocycles. The summed E-state index contributed by atoms with van der Waals surface area (Å²) in [5.41, 5.74) is 7.76. The molecule has 1 fully saturated rings. The number of morpholine rings is 1. The summed E-state index contributed by atoms with van der Waals surface area (Å²) < 4.78 is 42.9. The Morgan fingerprint density at radius 1 is 0.887 bits per heavy atom. The summed E-state index contributed by atoms with van der Waals surface area (Å²) in [7, 11) is 3.99. The molecule has 2 aliphatic heterocycles. The largest absolute Gasteiger partial charge is 0.504 e. The first-order valence-corrected chi connectivity index (χ1v) is 27.1. The lowest BCUT2D eigenvalue weighted by Gasteiger charge is -2.46. The summed E-state index contributed by atoms with van der Waals surface area (Å²) >= 11 is 0. The maximum absolute atomic E-state index is 14.7. The number of hydrogen-bond acceptors (Lipinski definition) is 12. The van der Waals surface area contributed by atoms with Crippen LogP contribution in [-0.4, -0.2) is 127 Å². The third-order valence-electron chi connectivity index (χ3n) is 15.4. The number of amides is 1. The molecule has 4 unspecified atom stereocenters. The Morgan fingerprint density at radius 2 is 1.49 bits per heavy atom. The number of nitrogens with zero attached hydrogens (tertiary/aromatic N) is 4. The lowest BCUT2D eigenvalue weighted by molar-refractivity contribution is -0.0612. The summed E-state index contributed by atoms with van der Waals surface area (Å²) in [6, 6.07) is 15.1. The monoisotopic (exact) mass is 989 g/mol. The first-order valence-electron chi connectivity index (χ1n) is 24.5. The quantitative estimate of drug-likeness (QED) is 0.0607. The van der Waals surface area contributed by atoms with Crippen molar-refractivity contribution in [3.8, 4) is 45.6 Å². The molecule has 0 radical (unpaired) electrons. The molecule has 71 heavy (non-hydrogen) atoms. The van der Waals surface area contributed by atoms with Crippen molar-refractivity contribution >= 4 is 14.4 Å². The Morgan fingerprint density at radius 3 is 2.07 bits per heavy atom. The summed E-state index contributed by atoms with van der Waals surface area (Å²) in [6.45, 7) is 33.8. The number of aromatic hydroxyl groups is 2. The molecule has 1 saturated heterocycles. The van der Waals surface area contributed by atoms with Crippen molar-refractivity contribution in [3.05, 3.63) is 116 Å². The molecule has 7 rings (SSSR count). The molecular weight excluding hydrogens is 919 g/mol. The normalized spacial score (nSPS) is 18.9. The number of rotatable bonds is 19. The van der Waals surface area contributed by atoms with Crippen molar-refractivity contribution in [2.24, 2.45) is 0 Å². The van der Waals surface area contributed by atoms with Gasteiger partial charge in [0, 0.05) is 59.9 Å². The Balaban J connectivity index is 1.32. The minimum absolute atomic E-state index is 0.00629. The van der Waals surface area contributed by atoms with E-state index in [4.69, 9.17) is 46.0 Å². The molecule has 1 aliphatic carbocycles. The fraction of sp³-hybridized carbons (Fsp3) is 0.509. The summed E-state index contributed by atoms with van der Waals surface area (Å²) in [5, 5.41) is 27.0. The van der Waals surface area contributed by atoms with Crippen LogP contribution in [-0.2, 0) is 26.7 Å². The number of carbonyl (C=O) groups excluding carboxylic acids is 1. The highest BCUT2D eigenvalue weighted by Crippen LogP contribution is 2.53. The number of hydrogen-bond donors (Lipinski definition) is 3. The Labute approximate surface area is 420 Å². The van der Waals surface area contributed by atoms with Gasteiger partial charge in [-0.1, -0.05) is 76.2 Å². The molecule has 3 N–H and O–H groups in total. The predicted octanol–water partition coefficient (Wildman–Crippen LogP) is 9.79. The Kier molecular flexibility index (Phi) is 16.8.